The fraction of sp³-hybridized carbons (Fsp3) is 0.385. The van der Waals surface area contributed by atoms with Gasteiger partial charge in [0.15, 0.2) is 0 Å². The summed E-state index contributed by atoms with van der Waals surface area (Å²) in [5.74, 6) is -0.580. The van der Waals surface area contributed by atoms with Crippen molar-refractivity contribution in [3.8, 4) is 0 Å². The third kappa shape index (κ3) is 4.06. The van der Waals surface area contributed by atoms with Crippen molar-refractivity contribution < 1.29 is 13.8 Å². The number of anilines is 1. The summed E-state index contributed by atoms with van der Waals surface area (Å²) in [6.07, 6.45) is 0. The second-order valence-corrected chi connectivity index (χ2v) is 6.08. The number of carbonyl (C=O) groups is 2. The van der Waals surface area contributed by atoms with Crippen LogP contribution in [0.1, 0.15) is 19.4 Å². The molecule has 0 fully saturated rings. The molecule has 0 aliphatic carbocycles. The lowest BCUT2D eigenvalue weighted by Crippen LogP contribution is -2.44. The van der Waals surface area contributed by atoms with E-state index in [1.807, 2.05) is 0 Å². The number of carbonyl (C=O) groups excluding carboxylic acids is 2. The van der Waals surface area contributed by atoms with Gasteiger partial charge in [-0.1, -0.05) is 0 Å². The summed E-state index contributed by atoms with van der Waals surface area (Å²) in [5.41, 5.74) is 7.09. The van der Waals surface area contributed by atoms with Crippen molar-refractivity contribution in [3.63, 3.8) is 0 Å². The molecule has 0 saturated carbocycles. The van der Waals surface area contributed by atoms with E-state index >= 15 is 0 Å². The van der Waals surface area contributed by atoms with E-state index in [4.69, 9.17) is 5.73 Å². The molecule has 7 heteroatoms. The van der Waals surface area contributed by atoms with Crippen molar-refractivity contribution >= 4 is 28.4 Å². The number of rotatable bonds is 4. The van der Waals surface area contributed by atoms with Crippen molar-refractivity contribution in [2.24, 2.45) is 0 Å². The van der Waals surface area contributed by atoms with Gasteiger partial charge in [0.25, 0.3) is 0 Å². The summed E-state index contributed by atoms with van der Waals surface area (Å²) in [7, 11) is -1.54. The monoisotopic (exact) mass is 297 g/mol. The van der Waals surface area contributed by atoms with Crippen LogP contribution in [-0.4, -0.2) is 27.9 Å². The van der Waals surface area contributed by atoms with Gasteiger partial charge in [-0.25, -0.2) is 4.79 Å². The molecule has 0 aromatic heterocycles. The Hall–Kier alpha value is -1.89. The van der Waals surface area contributed by atoms with Crippen molar-refractivity contribution in [2.45, 2.75) is 30.9 Å². The van der Waals surface area contributed by atoms with Gasteiger partial charge in [-0.15, -0.1) is 0 Å². The van der Waals surface area contributed by atoms with Crippen LogP contribution >= 0.6 is 0 Å². The zero-order chi connectivity index (χ0) is 15.3. The summed E-state index contributed by atoms with van der Waals surface area (Å²) < 4.78 is 12.3. The third-order valence-electron chi connectivity index (χ3n) is 2.74. The van der Waals surface area contributed by atoms with Gasteiger partial charge >= 0.3 is 6.03 Å². The van der Waals surface area contributed by atoms with E-state index in [1.54, 1.807) is 32.0 Å². The lowest BCUT2D eigenvalue weighted by molar-refractivity contribution is -0.119. The molecule has 2 atom stereocenters. The van der Waals surface area contributed by atoms with Crippen LogP contribution in [0.25, 0.3) is 0 Å². The van der Waals surface area contributed by atoms with E-state index in [-0.39, 0.29) is 0 Å². The number of amides is 3. The summed E-state index contributed by atoms with van der Waals surface area (Å²) in [4.78, 5) is 23.6. The van der Waals surface area contributed by atoms with Crippen molar-refractivity contribution in [3.05, 3.63) is 23.8 Å². The quantitative estimate of drug-likeness (QED) is 0.719. The Labute approximate surface area is 120 Å². The Morgan fingerprint density at radius 1 is 1.40 bits per heavy atom. The lowest BCUT2D eigenvalue weighted by Gasteiger charge is -2.12. The van der Waals surface area contributed by atoms with E-state index < -0.39 is 28.0 Å². The van der Waals surface area contributed by atoms with Gasteiger partial charge in [-0.2, -0.15) is 0 Å². The normalized spacial score (nSPS) is 13.3. The van der Waals surface area contributed by atoms with Gasteiger partial charge in [0.1, 0.15) is 5.25 Å². The molecule has 3 amide bonds. The topological polar surface area (TPSA) is 101 Å². The summed E-state index contributed by atoms with van der Waals surface area (Å²) in [5, 5.41) is 3.76. The number of urea groups is 1. The first-order valence-corrected chi connectivity index (χ1v) is 7.43. The smallest absolute Gasteiger partial charge is 0.321 e. The number of nitrogen functional groups attached to an aromatic ring is 1. The van der Waals surface area contributed by atoms with Gasteiger partial charge in [-0.05, 0) is 44.5 Å². The highest BCUT2D eigenvalue weighted by Gasteiger charge is 2.23. The second kappa shape index (κ2) is 7.04. The standard InChI is InChI=1S/C13H19N3O3S/c1-4-15-13(18)16-12(17)9(3)20(19)10-5-6-11(14)8(2)7-10/h5-7,9H,4,14H2,1-3H3,(H2,15,16,17,18). The largest absolute Gasteiger partial charge is 0.399 e. The maximum absolute atomic E-state index is 12.3. The maximum atomic E-state index is 12.3. The number of benzene rings is 1. The average Bonchev–Trinajstić information content (AvgIpc) is 2.40. The Balaban J connectivity index is 2.78. The van der Waals surface area contributed by atoms with Crippen LogP contribution in [0.3, 0.4) is 0 Å². The van der Waals surface area contributed by atoms with Crippen LogP contribution in [0, 0.1) is 6.92 Å². The SMILES string of the molecule is CCNC(=O)NC(=O)C(C)S(=O)c1ccc(N)c(C)c1. The Kier molecular flexibility index (Phi) is 5.69. The molecule has 0 aliphatic heterocycles. The third-order valence-corrected chi connectivity index (χ3v) is 4.31. The molecule has 0 spiro atoms. The molecule has 0 radical (unpaired) electrons. The van der Waals surface area contributed by atoms with E-state index in [0.29, 0.717) is 17.1 Å². The van der Waals surface area contributed by atoms with Crippen molar-refractivity contribution in [1.82, 2.24) is 10.6 Å². The molecular formula is C13H19N3O3S. The minimum absolute atomic E-state index is 0.410. The van der Waals surface area contributed by atoms with Gasteiger partial charge in [0, 0.05) is 17.1 Å². The molecule has 0 saturated heterocycles. The minimum Gasteiger partial charge on any atom is -0.399 e. The zero-order valence-electron chi connectivity index (χ0n) is 11.7. The molecule has 1 aromatic carbocycles. The first-order valence-electron chi connectivity index (χ1n) is 6.22. The molecule has 0 heterocycles. The molecule has 2 unspecified atom stereocenters. The molecule has 1 rings (SSSR count). The summed E-state index contributed by atoms with van der Waals surface area (Å²) >= 11 is 0. The number of hydrogen-bond donors (Lipinski definition) is 3. The van der Waals surface area contributed by atoms with Crippen LogP contribution in [0.15, 0.2) is 23.1 Å². The number of nitrogens with two attached hydrogens (primary N) is 1. The summed E-state index contributed by atoms with van der Waals surface area (Å²) in [6.45, 7) is 5.46. The van der Waals surface area contributed by atoms with Gasteiger partial charge in [0.2, 0.25) is 5.91 Å². The number of imide groups is 1. The van der Waals surface area contributed by atoms with E-state index in [1.165, 1.54) is 6.92 Å². The first kappa shape index (κ1) is 16.2. The lowest BCUT2D eigenvalue weighted by atomic mass is 10.2. The van der Waals surface area contributed by atoms with Crippen LogP contribution in [0.5, 0.6) is 0 Å². The zero-order valence-corrected chi connectivity index (χ0v) is 12.5. The fourth-order valence-corrected chi connectivity index (χ4v) is 2.65. The Bertz CT molecular complexity index is 546. The highest BCUT2D eigenvalue weighted by molar-refractivity contribution is 7.86. The first-order chi connectivity index (χ1) is 9.36. The van der Waals surface area contributed by atoms with Gasteiger partial charge < -0.3 is 11.1 Å². The van der Waals surface area contributed by atoms with Gasteiger partial charge in [0.05, 0.1) is 10.8 Å². The molecule has 4 N–H and O–H groups in total. The Morgan fingerprint density at radius 2 is 2.05 bits per heavy atom. The minimum atomic E-state index is -1.54. The fourth-order valence-electron chi connectivity index (χ4n) is 1.49. The van der Waals surface area contributed by atoms with Gasteiger partial charge in [-0.3, -0.25) is 14.3 Å². The predicted molar refractivity (Wildman–Crippen MR) is 78.7 cm³/mol. The number of hydrogen-bond acceptors (Lipinski definition) is 4. The highest BCUT2D eigenvalue weighted by atomic mass is 32.2. The number of nitrogens with one attached hydrogen (secondary N) is 2. The highest BCUT2D eigenvalue weighted by Crippen LogP contribution is 2.18. The van der Waals surface area contributed by atoms with Crippen LogP contribution in [-0.2, 0) is 15.6 Å². The van der Waals surface area contributed by atoms with Crippen molar-refractivity contribution in [1.29, 1.82) is 0 Å². The molecule has 6 nitrogen and oxygen atoms in total. The van der Waals surface area contributed by atoms with Crippen LogP contribution in [0.2, 0.25) is 0 Å². The van der Waals surface area contributed by atoms with E-state index in [9.17, 15) is 13.8 Å². The molecule has 0 aliphatic rings. The molecule has 110 valence electrons. The van der Waals surface area contributed by atoms with Crippen LogP contribution < -0.4 is 16.4 Å². The average molecular weight is 297 g/mol. The molecular weight excluding hydrogens is 278 g/mol. The molecule has 20 heavy (non-hydrogen) atoms. The van der Waals surface area contributed by atoms with Crippen molar-refractivity contribution in [2.75, 3.05) is 12.3 Å². The predicted octanol–water partition coefficient (Wildman–Crippen LogP) is 0.919. The Morgan fingerprint density at radius 3 is 2.60 bits per heavy atom. The number of aryl methyl sites for hydroxylation is 1. The van der Waals surface area contributed by atoms with E-state index in [0.717, 1.165) is 5.56 Å². The second-order valence-electron chi connectivity index (χ2n) is 4.31. The van der Waals surface area contributed by atoms with E-state index in [2.05, 4.69) is 10.6 Å². The summed E-state index contributed by atoms with van der Waals surface area (Å²) in [6, 6.07) is 4.36. The molecule has 0 bridgehead atoms. The van der Waals surface area contributed by atoms with Crippen LogP contribution in [0.4, 0.5) is 10.5 Å². The maximum Gasteiger partial charge on any atom is 0.321 e. The molecule has 1 aromatic rings.